The summed E-state index contributed by atoms with van der Waals surface area (Å²) in [6.45, 7) is 11.0. The molecule has 1 saturated carbocycles. The van der Waals surface area contributed by atoms with Crippen LogP contribution in [-0.4, -0.2) is 124 Å². The standard InChI is InChI=1S/C42H67NO12/c1-9-29-17-23(2)16-24(3)18-36(53-8)38-34(47)20-26(5)42(51,55-38)39(48)40(49)43-15-11-10-12-30(43)41(50)54-37(27(6)32(45)22-33(29)46)25(4)19-28-13-14-31(44)35(21-28)52-7/h17,19,24,26-32,34-38,44-45,47,51H,9-16,18,20-22H2,1-8H3/b23-17+,25-19+/t24-,26+,27+,28-,29+,30-,31+,32-,34-,35+,36-,37+,38-,42+/m0/s1. The number of ether oxygens (including phenoxy) is 4. The number of hydrogen-bond acceptors (Lipinski definition) is 12. The molecule has 312 valence electrons. The monoisotopic (exact) mass is 777 g/mol. The molecule has 13 nitrogen and oxygen atoms in total. The second kappa shape index (κ2) is 19.8. The Balaban J connectivity index is 1.75. The van der Waals surface area contributed by atoms with Crippen LogP contribution in [0.1, 0.15) is 112 Å². The highest BCUT2D eigenvalue weighted by molar-refractivity contribution is 6.39. The molecule has 55 heavy (non-hydrogen) atoms. The Morgan fingerprint density at radius 1 is 0.927 bits per heavy atom. The first-order valence-electron chi connectivity index (χ1n) is 20.4. The quantitative estimate of drug-likeness (QED) is 0.180. The summed E-state index contributed by atoms with van der Waals surface area (Å²) in [5, 5.41) is 45.0. The van der Waals surface area contributed by atoms with E-state index in [4.69, 9.17) is 18.9 Å². The fourth-order valence-corrected chi connectivity index (χ4v) is 9.19. The number of carbonyl (C=O) groups is 4. The maximum atomic E-state index is 14.2. The zero-order valence-electron chi connectivity index (χ0n) is 34.1. The summed E-state index contributed by atoms with van der Waals surface area (Å²) < 4.78 is 23.5. The topological polar surface area (TPSA) is 189 Å². The predicted octanol–water partition coefficient (Wildman–Crippen LogP) is 3.82. The maximum Gasteiger partial charge on any atom is 0.329 e. The molecule has 0 unspecified atom stereocenters. The highest BCUT2D eigenvalue weighted by atomic mass is 16.7. The molecule has 4 rings (SSSR count). The number of allylic oxidation sites excluding steroid dienone is 3. The molecule has 0 aromatic rings. The Morgan fingerprint density at radius 3 is 2.27 bits per heavy atom. The van der Waals surface area contributed by atoms with Gasteiger partial charge in [0.1, 0.15) is 24.0 Å². The van der Waals surface area contributed by atoms with Crippen LogP contribution in [0.3, 0.4) is 0 Å². The number of Topliss-reactive ketones (excluding diaryl/α,β-unsaturated/α-hetero) is 2. The lowest BCUT2D eigenvalue weighted by Gasteiger charge is -2.46. The van der Waals surface area contributed by atoms with Crippen LogP contribution in [0, 0.1) is 29.6 Å². The number of aliphatic hydroxyl groups is 4. The van der Waals surface area contributed by atoms with E-state index in [0.29, 0.717) is 56.9 Å². The van der Waals surface area contributed by atoms with Gasteiger partial charge < -0.3 is 44.3 Å². The SMILES string of the molecule is CC[C@@H]1/C=C(\C)C[C@H](C)C[C@H](OC)[C@H]2O[C@@](O)(C(=O)C(=O)N3CCCC[C@H]3C(=O)O[C@H](/C(C)=C/[C@@H]3CC[C@@H](O)[C@H](OC)C3)[C@H](C)[C@@H](O)CC1=O)[C@H](C)C[C@@H]2O. The Kier molecular flexibility index (Phi) is 16.2. The average molecular weight is 778 g/mol. The van der Waals surface area contributed by atoms with Gasteiger partial charge >= 0.3 is 5.97 Å². The third kappa shape index (κ3) is 10.7. The molecular formula is C42H67NO12. The van der Waals surface area contributed by atoms with Crippen LogP contribution in [0.2, 0.25) is 0 Å². The molecule has 14 atom stereocenters. The van der Waals surface area contributed by atoms with Crippen LogP contribution < -0.4 is 0 Å². The highest BCUT2D eigenvalue weighted by Gasteiger charge is 2.56. The molecule has 1 aliphatic carbocycles. The summed E-state index contributed by atoms with van der Waals surface area (Å²) >= 11 is 0. The van der Waals surface area contributed by atoms with Gasteiger partial charge in [0.2, 0.25) is 5.79 Å². The van der Waals surface area contributed by atoms with Gasteiger partial charge in [0.25, 0.3) is 11.7 Å². The van der Waals surface area contributed by atoms with E-state index in [9.17, 15) is 39.6 Å². The lowest BCUT2D eigenvalue weighted by atomic mass is 9.81. The van der Waals surface area contributed by atoms with Crippen molar-refractivity contribution in [2.24, 2.45) is 29.6 Å². The zero-order chi connectivity index (χ0) is 40.8. The van der Waals surface area contributed by atoms with Gasteiger partial charge in [-0.25, -0.2) is 4.79 Å². The highest BCUT2D eigenvalue weighted by Crippen LogP contribution is 2.38. The van der Waals surface area contributed by atoms with Crippen molar-refractivity contribution in [3.05, 3.63) is 23.3 Å². The number of carbonyl (C=O) groups excluding carboxylic acids is 4. The first-order valence-corrected chi connectivity index (χ1v) is 20.4. The van der Waals surface area contributed by atoms with Gasteiger partial charge in [0, 0.05) is 44.9 Å². The number of esters is 1. The number of methoxy groups -OCH3 is 2. The van der Waals surface area contributed by atoms with Gasteiger partial charge in [0.05, 0.1) is 30.5 Å². The van der Waals surface area contributed by atoms with Crippen LogP contribution in [0.25, 0.3) is 0 Å². The largest absolute Gasteiger partial charge is 0.456 e. The fraction of sp³-hybridized carbons (Fsp3) is 0.810. The molecule has 0 spiro atoms. The molecule has 2 bridgehead atoms. The number of amides is 1. The number of rotatable bonds is 5. The Labute approximate surface area is 326 Å². The van der Waals surface area contributed by atoms with Crippen LogP contribution in [0.5, 0.6) is 0 Å². The number of nitrogens with zero attached hydrogens (tertiary/aromatic N) is 1. The van der Waals surface area contributed by atoms with E-state index in [-0.39, 0.29) is 49.5 Å². The van der Waals surface area contributed by atoms with Gasteiger partial charge in [-0.2, -0.15) is 0 Å². The maximum absolute atomic E-state index is 14.2. The summed E-state index contributed by atoms with van der Waals surface area (Å²) in [6, 6.07) is -1.16. The molecule has 0 aromatic carbocycles. The molecule has 0 aromatic heterocycles. The minimum atomic E-state index is -2.58. The normalized spacial score (nSPS) is 42.1. The number of ketones is 2. The van der Waals surface area contributed by atoms with E-state index in [1.807, 2.05) is 39.8 Å². The van der Waals surface area contributed by atoms with Crippen molar-refractivity contribution in [2.75, 3.05) is 20.8 Å². The van der Waals surface area contributed by atoms with Crippen molar-refractivity contribution < 1.29 is 58.6 Å². The molecule has 0 radical (unpaired) electrons. The summed E-state index contributed by atoms with van der Waals surface area (Å²) in [4.78, 5) is 57.3. The Hall–Kier alpha value is -2.52. The summed E-state index contributed by atoms with van der Waals surface area (Å²) in [5.41, 5.74) is 1.61. The van der Waals surface area contributed by atoms with Crippen LogP contribution in [0.4, 0.5) is 0 Å². The van der Waals surface area contributed by atoms with Crippen molar-refractivity contribution in [2.45, 2.75) is 167 Å². The van der Waals surface area contributed by atoms with Crippen molar-refractivity contribution in [1.29, 1.82) is 0 Å². The van der Waals surface area contributed by atoms with Crippen molar-refractivity contribution in [1.82, 2.24) is 4.90 Å². The molecule has 4 N–H and O–H groups in total. The lowest BCUT2D eigenvalue weighted by Crippen LogP contribution is -2.64. The van der Waals surface area contributed by atoms with E-state index >= 15 is 0 Å². The van der Waals surface area contributed by atoms with Gasteiger partial charge in [-0.05, 0) is 95.5 Å². The van der Waals surface area contributed by atoms with Crippen molar-refractivity contribution in [3.8, 4) is 0 Å². The lowest BCUT2D eigenvalue weighted by molar-refractivity contribution is -0.300. The minimum Gasteiger partial charge on any atom is -0.456 e. The van der Waals surface area contributed by atoms with E-state index in [1.165, 1.54) is 14.0 Å². The van der Waals surface area contributed by atoms with E-state index in [0.717, 1.165) is 10.5 Å². The molecule has 3 heterocycles. The molecule has 13 heteroatoms. The zero-order valence-corrected chi connectivity index (χ0v) is 34.1. The second-order valence-corrected chi connectivity index (χ2v) is 16.9. The van der Waals surface area contributed by atoms with Crippen LogP contribution in [0.15, 0.2) is 23.3 Å². The third-order valence-electron chi connectivity index (χ3n) is 12.6. The number of aliphatic hydroxyl groups excluding tert-OH is 3. The first kappa shape index (κ1) is 45.2. The van der Waals surface area contributed by atoms with Crippen LogP contribution >= 0.6 is 0 Å². The Bertz CT molecular complexity index is 1410. The molecule has 4 aliphatic rings. The van der Waals surface area contributed by atoms with Gasteiger partial charge in [-0.15, -0.1) is 0 Å². The fourth-order valence-electron chi connectivity index (χ4n) is 9.19. The first-order chi connectivity index (χ1) is 25.9. The number of hydrogen-bond donors (Lipinski definition) is 4. The van der Waals surface area contributed by atoms with E-state index in [2.05, 4.69) is 0 Å². The van der Waals surface area contributed by atoms with E-state index in [1.54, 1.807) is 14.0 Å². The van der Waals surface area contributed by atoms with Gasteiger partial charge in [-0.3, -0.25) is 14.4 Å². The van der Waals surface area contributed by atoms with Crippen LogP contribution in [-0.2, 0) is 38.1 Å². The number of piperidine rings is 1. The molecule has 3 aliphatic heterocycles. The van der Waals surface area contributed by atoms with E-state index < -0.39 is 83.9 Å². The third-order valence-corrected chi connectivity index (χ3v) is 12.6. The predicted molar refractivity (Wildman–Crippen MR) is 203 cm³/mol. The van der Waals surface area contributed by atoms with Crippen molar-refractivity contribution >= 4 is 23.4 Å². The molecule has 3 fully saturated rings. The summed E-state index contributed by atoms with van der Waals surface area (Å²) in [7, 11) is 3.02. The van der Waals surface area contributed by atoms with Gasteiger partial charge in [-0.1, -0.05) is 45.4 Å². The smallest absolute Gasteiger partial charge is 0.329 e. The average Bonchev–Trinajstić information content (AvgIpc) is 3.15. The Morgan fingerprint density at radius 2 is 1.62 bits per heavy atom. The number of fused-ring (bicyclic) bond motifs is 3. The molecular weight excluding hydrogens is 710 g/mol. The minimum absolute atomic E-state index is 0.00759. The summed E-state index contributed by atoms with van der Waals surface area (Å²) in [6.07, 6.45) is 2.23. The van der Waals surface area contributed by atoms with Gasteiger partial charge in [0.15, 0.2) is 0 Å². The van der Waals surface area contributed by atoms with Crippen molar-refractivity contribution in [3.63, 3.8) is 0 Å². The second-order valence-electron chi connectivity index (χ2n) is 16.9. The summed E-state index contributed by atoms with van der Waals surface area (Å²) in [5.74, 6) is -7.95. The number of cyclic esters (lactones) is 1. The molecule has 1 amide bonds. The molecule has 2 saturated heterocycles.